The zero-order valence-electron chi connectivity index (χ0n) is 18.1. The second-order valence-electron chi connectivity index (χ2n) is 7.35. The van der Waals surface area contributed by atoms with Crippen LogP contribution in [0.2, 0.25) is 0 Å². The van der Waals surface area contributed by atoms with Gasteiger partial charge in [-0.05, 0) is 32.1 Å². The summed E-state index contributed by atoms with van der Waals surface area (Å²) in [7, 11) is 0. The molecule has 5 heteroatoms. The fourth-order valence-electron chi connectivity index (χ4n) is 2.77. The van der Waals surface area contributed by atoms with Gasteiger partial charge in [0.1, 0.15) is 6.61 Å². The Morgan fingerprint density at radius 3 is 2.04 bits per heavy atom. The van der Waals surface area contributed by atoms with E-state index in [0.29, 0.717) is 12.8 Å². The standard InChI is InChI=1S/C23H42O5/c1-3-5-7-8-9-10-11-12-13-14-16-18-23(26)28-21(19-24)20-27-22(25)17-15-6-4-2/h8-9,21,24H,3-7,10-20H2,1-2H3/b9-8-. The molecule has 0 aromatic heterocycles. The van der Waals surface area contributed by atoms with Crippen molar-refractivity contribution in [3.63, 3.8) is 0 Å². The summed E-state index contributed by atoms with van der Waals surface area (Å²) in [6.45, 7) is 3.87. The molecule has 0 fully saturated rings. The van der Waals surface area contributed by atoms with E-state index in [2.05, 4.69) is 26.0 Å². The van der Waals surface area contributed by atoms with E-state index in [0.717, 1.165) is 44.9 Å². The van der Waals surface area contributed by atoms with Crippen LogP contribution in [-0.4, -0.2) is 36.4 Å². The highest BCUT2D eigenvalue weighted by atomic mass is 16.6. The predicted molar refractivity (Wildman–Crippen MR) is 113 cm³/mol. The number of aliphatic hydroxyl groups is 1. The van der Waals surface area contributed by atoms with Crippen LogP contribution < -0.4 is 0 Å². The van der Waals surface area contributed by atoms with Crippen LogP contribution in [0.4, 0.5) is 0 Å². The van der Waals surface area contributed by atoms with Gasteiger partial charge < -0.3 is 14.6 Å². The van der Waals surface area contributed by atoms with Gasteiger partial charge in [-0.25, -0.2) is 0 Å². The molecule has 1 atom stereocenters. The molecule has 0 saturated heterocycles. The van der Waals surface area contributed by atoms with Crippen molar-refractivity contribution in [1.29, 1.82) is 0 Å². The average Bonchev–Trinajstić information content (AvgIpc) is 2.69. The maximum atomic E-state index is 11.8. The van der Waals surface area contributed by atoms with E-state index in [1.807, 2.05) is 0 Å². The number of carbonyl (C=O) groups is 2. The Morgan fingerprint density at radius 1 is 0.786 bits per heavy atom. The number of ether oxygens (including phenoxy) is 2. The van der Waals surface area contributed by atoms with Gasteiger partial charge in [0, 0.05) is 12.8 Å². The summed E-state index contributed by atoms with van der Waals surface area (Å²) in [5.41, 5.74) is 0. The SMILES string of the molecule is CCCC/C=C\CCCCCCCC(=O)OC(CO)COC(=O)CCCCC. The van der Waals surface area contributed by atoms with Gasteiger partial charge in [-0.3, -0.25) is 9.59 Å². The molecule has 1 N–H and O–H groups in total. The number of carbonyl (C=O) groups excluding carboxylic acids is 2. The summed E-state index contributed by atoms with van der Waals surface area (Å²) < 4.78 is 10.3. The molecule has 28 heavy (non-hydrogen) atoms. The van der Waals surface area contributed by atoms with Gasteiger partial charge in [0.25, 0.3) is 0 Å². The lowest BCUT2D eigenvalue weighted by molar-refractivity contribution is -0.161. The van der Waals surface area contributed by atoms with Crippen molar-refractivity contribution in [2.24, 2.45) is 0 Å². The predicted octanol–water partition coefficient (Wildman–Crippen LogP) is 5.49. The Bertz CT molecular complexity index is 406. The van der Waals surface area contributed by atoms with Crippen molar-refractivity contribution in [2.75, 3.05) is 13.2 Å². The molecular weight excluding hydrogens is 356 g/mol. The topological polar surface area (TPSA) is 72.8 Å². The molecule has 164 valence electrons. The lowest BCUT2D eigenvalue weighted by Crippen LogP contribution is -2.28. The zero-order chi connectivity index (χ0) is 20.9. The molecule has 0 aromatic carbocycles. The Balaban J connectivity index is 3.64. The van der Waals surface area contributed by atoms with Crippen molar-refractivity contribution in [3.8, 4) is 0 Å². The van der Waals surface area contributed by atoms with Crippen molar-refractivity contribution in [3.05, 3.63) is 12.2 Å². The lowest BCUT2D eigenvalue weighted by Gasteiger charge is -2.15. The maximum absolute atomic E-state index is 11.8. The van der Waals surface area contributed by atoms with Gasteiger partial charge in [-0.15, -0.1) is 0 Å². The van der Waals surface area contributed by atoms with Gasteiger partial charge in [-0.1, -0.05) is 70.9 Å². The molecule has 5 nitrogen and oxygen atoms in total. The first-order chi connectivity index (χ1) is 13.6. The summed E-state index contributed by atoms with van der Waals surface area (Å²) in [4.78, 5) is 23.4. The molecular formula is C23H42O5. The molecule has 0 aromatic rings. The Kier molecular flexibility index (Phi) is 19.4. The van der Waals surface area contributed by atoms with Crippen molar-refractivity contribution < 1.29 is 24.2 Å². The average molecular weight is 399 g/mol. The van der Waals surface area contributed by atoms with Crippen LogP contribution in [0.1, 0.15) is 104 Å². The van der Waals surface area contributed by atoms with E-state index in [9.17, 15) is 14.7 Å². The normalized spacial score (nSPS) is 12.2. The molecule has 0 saturated carbocycles. The third-order valence-corrected chi connectivity index (χ3v) is 4.56. The molecule has 0 heterocycles. The summed E-state index contributed by atoms with van der Waals surface area (Å²) in [6, 6.07) is 0. The van der Waals surface area contributed by atoms with E-state index in [1.54, 1.807) is 0 Å². The molecule has 0 aliphatic heterocycles. The minimum absolute atomic E-state index is 0.0705. The molecule has 0 spiro atoms. The number of hydrogen-bond acceptors (Lipinski definition) is 5. The van der Waals surface area contributed by atoms with Crippen molar-refractivity contribution in [2.45, 2.75) is 110 Å². The molecule has 0 bridgehead atoms. The summed E-state index contributed by atoms with van der Waals surface area (Å²) in [6.07, 6.45) is 17.5. The first-order valence-corrected chi connectivity index (χ1v) is 11.2. The van der Waals surface area contributed by atoms with E-state index in [-0.39, 0.29) is 25.2 Å². The molecule has 0 aliphatic rings. The van der Waals surface area contributed by atoms with E-state index >= 15 is 0 Å². The zero-order valence-corrected chi connectivity index (χ0v) is 18.1. The van der Waals surface area contributed by atoms with Crippen molar-refractivity contribution in [1.82, 2.24) is 0 Å². The Labute approximate surface area is 171 Å². The fourth-order valence-corrected chi connectivity index (χ4v) is 2.77. The van der Waals surface area contributed by atoms with E-state index in [4.69, 9.17) is 9.47 Å². The monoisotopic (exact) mass is 398 g/mol. The van der Waals surface area contributed by atoms with Crippen LogP contribution in [0, 0.1) is 0 Å². The number of rotatable bonds is 19. The second-order valence-corrected chi connectivity index (χ2v) is 7.35. The third-order valence-electron chi connectivity index (χ3n) is 4.56. The van der Waals surface area contributed by atoms with Crippen LogP contribution in [0.25, 0.3) is 0 Å². The van der Waals surface area contributed by atoms with Gasteiger partial charge >= 0.3 is 11.9 Å². The summed E-state index contributed by atoms with van der Waals surface area (Å²) >= 11 is 0. The minimum atomic E-state index is -0.762. The Hall–Kier alpha value is -1.36. The second kappa shape index (κ2) is 20.4. The lowest BCUT2D eigenvalue weighted by atomic mass is 10.1. The largest absolute Gasteiger partial charge is 0.462 e. The van der Waals surface area contributed by atoms with E-state index < -0.39 is 6.10 Å². The van der Waals surface area contributed by atoms with Gasteiger partial charge in [0.05, 0.1) is 6.61 Å². The number of allylic oxidation sites excluding steroid dienone is 2. The summed E-state index contributed by atoms with van der Waals surface area (Å²) in [5.74, 6) is -0.636. The molecule has 0 amide bonds. The molecule has 0 rings (SSSR count). The van der Waals surface area contributed by atoms with E-state index in [1.165, 1.54) is 32.1 Å². The van der Waals surface area contributed by atoms with Crippen LogP contribution in [0.5, 0.6) is 0 Å². The van der Waals surface area contributed by atoms with Crippen LogP contribution in [-0.2, 0) is 19.1 Å². The highest BCUT2D eigenvalue weighted by molar-refractivity contribution is 5.70. The summed E-state index contributed by atoms with van der Waals surface area (Å²) in [5, 5.41) is 9.29. The van der Waals surface area contributed by atoms with Crippen molar-refractivity contribution >= 4 is 11.9 Å². The van der Waals surface area contributed by atoms with Crippen LogP contribution in [0.3, 0.4) is 0 Å². The van der Waals surface area contributed by atoms with Gasteiger partial charge in [0.15, 0.2) is 6.10 Å². The van der Waals surface area contributed by atoms with Gasteiger partial charge in [0.2, 0.25) is 0 Å². The third kappa shape index (κ3) is 18.0. The van der Waals surface area contributed by atoms with Crippen LogP contribution in [0.15, 0.2) is 12.2 Å². The number of esters is 2. The maximum Gasteiger partial charge on any atom is 0.306 e. The smallest absolute Gasteiger partial charge is 0.306 e. The number of hydrogen-bond donors (Lipinski definition) is 1. The fraction of sp³-hybridized carbons (Fsp3) is 0.826. The number of unbranched alkanes of at least 4 members (excludes halogenated alkanes) is 9. The first-order valence-electron chi connectivity index (χ1n) is 11.2. The first kappa shape index (κ1) is 26.6. The minimum Gasteiger partial charge on any atom is -0.462 e. The number of aliphatic hydroxyl groups excluding tert-OH is 1. The van der Waals surface area contributed by atoms with Crippen LogP contribution >= 0.6 is 0 Å². The highest BCUT2D eigenvalue weighted by Gasteiger charge is 2.15. The molecule has 0 aliphatic carbocycles. The van der Waals surface area contributed by atoms with Gasteiger partial charge in [-0.2, -0.15) is 0 Å². The Morgan fingerprint density at radius 2 is 1.36 bits per heavy atom. The molecule has 1 unspecified atom stereocenters. The quantitative estimate of drug-likeness (QED) is 0.177. The molecule has 0 radical (unpaired) electrons. The highest BCUT2D eigenvalue weighted by Crippen LogP contribution is 2.10.